The number of benzene rings is 1. The maximum absolute atomic E-state index is 13.6. The van der Waals surface area contributed by atoms with Crippen LogP contribution < -0.4 is 11.1 Å². The van der Waals surface area contributed by atoms with E-state index in [9.17, 15) is 4.39 Å². The number of para-hydroxylation sites is 1. The van der Waals surface area contributed by atoms with Gasteiger partial charge in [0.15, 0.2) is 5.82 Å². The second-order valence-corrected chi connectivity index (χ2v) is 5.08. The van der Waals surface area contributed by atoms with Crippen molar-refractivity contribution < 1.29 is 4.39 Å². The lowest BCUT2D eigenvalue weighted by Crippen LogP contribution is -2.01. The number of hydrogen-bond acceptors (Lipinski definition) is 3. The van der Waals surface area contributed by atoms with E-state index in [1.807, 2.05) is 0 Å². The number of pyridine rings is 1. The van der Waals surface area contributed by atoms with Gasteiger partial charge in [-0.25, -0.2) is 9.37 Å². The summed E-state index contributed by atoms with van der Waals surface area (Å²) in [7, 11) is 0. The zero-order valence-electron chi connectivity index (χ0n) is 8.85. The molecule has 0 aliphatic carbocycles. The first-order valence-corrected chi connectivity index (χ1v) is 6.36. The summed E-state index contributed by atoms with van der Waals surface area (Å²) in [6, 6.07) is 6.04. The number of nitrogen functional groups attached to an aromatic ring is 1. The molecular weight excluding hydrogens is 344 g/mol. The van der Waals surface area contributed by atoms with E-state index in [0.29, 0.717) is 4.47 Å². The van der Waals surface area contributed by atoms with Crippen LogP contribution >= 0.6 is 39.1 Å². The van der Waals surface area contributed by atoms with Gasteiger partial charge in [0.05, 0.1) is 15.7 Å². The topological polar surface area (TPSA) is 50.9 Å². The largest absolute Gasteiger partial charge is 0.382 e. The minimum Gasteiger partial charge on any atom is -0.382 e. The molecule has 3 N–H and O–H groups in total. The maximum Gasteiger partial charge on any atom is 0.151 e. The highest BCUT2D eigenvalue weighted by Crippen LogP contribution is 2.33. The van der Waals surface area contributed by atoms with E-state index in [1.54, 1.807) is 12.1 Å². The van der Waals surface area contributed by atoms with E-state index in [2.05, 4.69) is 26.2 Å². The number of rotatable bonds is 2. The van der Waals surface area contributed by atoms with Gasteiger partial charge in [-0.15, -0.1) is 0 Å². The number of nitrogens with one attached hydrogen (secondary N) is 1. The summed E-state index contributed by atoms with van der Waals surface area (Å²) in [4.78, 5) is 3.97. The van der Waals surface area contributed by atoms with E-state index in [0.717, 1.165) is 0 Å². The molecule has 2 aromatic rings. The number of halogens is 4. The molecule has 0 bridgehead atoms. The predicted molar refractivity (Wildman–Crippen MR) is 76.1 cm³/mol. The molecule has 18 heavy (non-hydrogen) atoms. The molecule has 1 aromatic carbocycles. The first-order valence-electron chi connectivity index (χ1n) is 4.81. The van der Waals surface area contributed by atoms with Gasteiger partial charge in [0, 0.05) is 4.47 Å². The minimum atomic E-state index is -0.434. The van der Waals surface area contributed by atoms with Gasteiger partial charge in [-0.2, -0.15) is 0 Å². The fraction of sp³-hybridized carbons (Fsp3) is 0. The molecule has 3 nitrogen and oxygen atoms in total. The lowest BCUT2D eigenvalue weighted by atomic mass is 10.3. The SMILES string of the molecule is Nc1nc(Nc2c(F)cccc2Br)c(Cl)cc1Cl. The van der Waals surface area contributed by atoms with Gasteiger partial charge < -0.3 is 11.1 Å². The van der Waals surface area contributed by atoms with Crippen molar-refractivity contribution in [2.75, 3.05) is 11.1 Å². The Bertz CT molecular complexity index is 587. The van der Waals surface area contributed by atoms with Crippen LogP contribution in [0.1, 0.15) is 0 Å². The Morgan fingerprint density at radius 2 is 2.00 bits per heavy atom. The molecule has 0 unspecified atom stereocenters. The zero-order chi connectivity index (χ0) is 13.3. The summed E-state index contributed by atoms with van der Waals surface area (Å²) in [6.07, 6.45) is 0. The monoisotopic (exact) mass is 349 g/mol. The van der Waals surface area contributed by atoms with Crippen molar-refractivity contribution in [3.05, 3.63) is 44.6 Å². The van der Waals surface area contributed by atoms with Crippen LogP contribution in [0.3, 0.4) is 0 Å². The van der Waals surface area contributed by atoms with Crippen molar-refractivity contribution in [2.24, 2.45) is 0 Å². The van der Waals surface area contributed by atoms with Crippen LogP contribution in [0.5, 0.6) is 0 Å². The van der Waals surface area contributed by atoms with Crippen LogP contribution in [-0.4, -0.2) is 4.98 Å². The molecular formula is C11H7BrCl2FN3. The second-order valence-electron chi connectivity index (χ2n) is 3.41. The molecule has 0 aliphatic heterocycles. The van der Waals surface area contributed by atoms with Crippen LogP contribution in [0.4, 0.5) is 21.7 Å². The Morgan fingerprint density at radius 3 is 2.67 bits per heavy atom. The third kappa shape index (κ3) is 2.68. The lowest BCUT2D eigenvalue weighted by Gasteiger charge is -2.11. The summed E-state index contributed by atoms with van der Waals surface area (Å²) in [5, 5.41) is 3.28. The molecule has 0 spiro atoms. The predicted octanol–water partition coefficient (Wildman–Crippen LogP) is 4.62. The Hall–Kier alpha value is -1.04. The van der Waals surface area contributed by atoms with Crippen molar-refractivity contribution >= 4 is 56.5 Å². The number of anilines is 3. The molecule has 7 heteroatoms. The zero-order valence-corrected chi connectivity index (χ0v) is 11.9. The van der Waals surface area contributed by atoms with Crippen molar-refractivity contribution in [1.82, 2.24) is 4.98 Å². The molecule has 0 aliphatic rings. The molecule has 0 amide bonds. The summed E-state index contributed by atoms with van der Waals surface area (Å²) < 4.78 is 14.2. The molecule has 0 radical (unpaired) electrons. The third-order valence-corrected chi connectivity index (χ3v) is 3.41. The number of nitrogens with two attached hydrogens (primary N) is 1. The lowest BCUT2D eigenvalue weighted by molar-refractivity contribution is 0.631. The number of aromatic nitrogens is 1. The molecule has 0 atom stereocenters. The van der Waals surface area contributed by atoms with Gasteiger partial charge in [0.1, 0.15) is 11.6 Å². The van der Waals surface area contributed by atoms with E-state index in [-0.39, 0.29) is 27.4 Å². The van der Waals surface area contributed by atoms with E-state index in [1.165, 1.54) is 12.1 Å². The molecule has 0 fully saturated rings. The van der Waals surface area contributed by atoms with Gasteiger partial charge >= 0.3 is 0 Å². The third-order valence-electron chi connectivity index (χ3n) is 2.16. The first-order chi connectivity index (χ1) is 8.49. The van der Waals surface area contributed by atoms with Crippen molar-refractivity contribution in [3.63, 3.8) is 0 Å². The molecule has 1 heterocycles. The highest BCUT2D eigenvalue weighted by atomic mass is 79.9. The van der Waals surface area contributed by atoms with E-state index in [4.69, 9.17) is 28.9 Å². The summed E-state index contributed by atoms with van der Waals surface area (Å²) >= 11 is 15.0. The Balaban J connectivity index is 2.43. The Morgan fingerprint density at radius 1 is 1.28 bits per heavy atom. The van der Waals surface area contributed by atoms with Crippen LogP contribution in [0.2, 0.25) is 10.0 Å². The number of hydrogen-bond donors (Lipinski definition) is 2. The maximum atomic E-state index is 13.6. The van der Waals surface area contributed by atoms with Crippen molar-refractivity contribution in [1.29, 1.82) is 0 Å². The molecule has 94 valence electrons. The van der Waals surface area contributed by atoms with Gasteiger partial charge in [0.25, 0.3) is 0 Å². The van der Waals surface area contributed by atoms with Crippen molar-refractivity contribution in [3.8, 4) is 0 Å². The van der Waals surface area contributed by atoms with E-state index >= 15 is 0 Å². The first kappa shape index (κ1) is 13.4. The van der Waals surface area contributed by atoms with Gasteiger partial charge in [-0.1, -0.05) is 29.3 Å². The summed E-state index contributed by atoms with van der Waals surface area (Å²) in [5.74, 6) is -0.0730. The van der Waals surface area contributed by atoms with Crippen LogP contribution in [0, 0.1) is 5.82 Å². The average Bonchev–Trinajstić information content (AvgIpc) is 2.30. The van der Waals surface area contributed by atoms with Crippen molar-refractivity contribution in [2.45, 2.75) is 0 Å². The van der Waals surface area contributed by atoms with Crippen LogP contribution in [-0.2, 0) is 0 Å². The average molecular weight is 351 g/mol. The minimum absolute atomic E-state index is 0.121. The molecule has 0 saturated heterocycles. The Kier molecular flexibility index (Phi) is 3.94. The number of nitrogens with zero attached hydrogens (tertiary/aromatic N) is 1. The fourth-order valence-electron chi connectivity index (χ4n) is 1.30. The smallest absolute Gasteiger partial charge is 0.151 e. The Labute approximate surface area is 121 Å². The summed E-state index contributed by atoms with van der Waals surface area (Å²) in [6.45, 7) is 0. The van der Waals surface area contributed by atoms with E-state index < -0.39 is 5.82 Å². The highest BCUT2D eigenvalue weighted by molar-refractivity contribution is 9.10. The standard InChI is InChI=1S/C11H7BrCl2FN3/c12-5-2-1-3-8(15)9(5)17-11-7(14)4-6(13)10(16)18-11/h1-4H,(H3,16,17,18). The molecule has 2 rings (SSSR count). The second kappa shape index (κ2) is 5.30. The highest BCUT2D eigenvalue weighted by Gasteiger charge is 2.11. The van der Waals surface area contributed by atoms with Gasteiger partial charge in [-0.3, -0.25) is 0 Å². The normalized spacial score (nSPS) is 10.4. The quantitative estimate of drug-likeness (QED) is 0.831. The fourth-order valence-corrected chi connectivity index (χ4v) is 2.15. The van der Waals surface area contributed by atoms with Gasteiger partial charge in [-0.05, 0) is 34.1 Å². The molecule has 0 saturated carbocycles. The van der Waals surface area contributed by atoms with Gasteiger partial charge in [0.2, 0.25) is 0 Å². The van der Waals surface area contributed by atoms with Crippen LogP contribution in [0.15, 0.2) is 28.7 Å². The van der Waals surface area contributed by atoms with Crippen LogP contribution in [0.25, 0.3) is 0 Å². The molecule has 1 aromatic heterocycles. The summed E-state index contributed by atoms with van der Waals surface area (Å²) in [5.41, 5.74) is 5.80.